The number of aromatic nitrogens is 1. The number of nitrogens with zero attached hydrogens (tertiary/aromatic N) is 1. The molecular weight excluding hydrogens is 476 g/mol. The molecule has 7 heteroatoms. The molecule has 0 spiro atoms. The maximum Gasteiger partial charge on any atom is 0.327 e. The molecule has 38 heavy (non-hydrogen) atoms. The number of aliphatic hydroxyl groups excluding tert-OH is 1. The first-order chi connectivity index (χ1) is 18.6. The van der Waals surface area contributed by atoms with Crippen molar-refractivity contribution in [3.8, 4) is 0 Å². The van der Waals surface area contributed by atoms with Crippen LogP contribution in [0.1, 0.15) is 68.1 Å². The largest absolute Gasteiger partial charge is 0.396 e. The number of aryl methyl sites for hydroxylation is 1. The SMILES string of the molecule is CCCCCCC[n+]1ccc(C(Cc2ccccc2NNC(=O)C(=O)NCCCO)c2ccccc2)cc1. The van der Waals surface area contributed by atoms with Gasteiger partial charge in [0.2, 0.25) is 0 Å². The van der Waals surface area contributed by atoms with E-state index in [-0.39, 0.29) is 19.1 Å². The van der Waals surface area contributed by atoms with Crippen molar-refractivity contribution >= 4 is 17.5 Å². The van der Waals surface area contributed by atoms with Gasteiger partial charge in [0.25, 0.3) is 0 Å². The molecule has 1 heterocycles. The number of unbranched alkanes of at least 4 members (excludes halogenated alkanes) is 4. The van der Waals surface area contributed by atoms with Crippen molar-refractivity contribution in [2.24, 2.45) is 0 Å². The lowest BCUT2D eigenvalue weighted by Gasteiger charge is -2.20. The number of hydrazine groups is 1. The minimum Gasteiger partial charge on any atom is -0.396 e. The molecule has 1 atom stereocenters. The van der Waals surface area contributed by atoms with Crippen molar-refractivity contribution in [1.82, 2.24) is 10.7 Å². The van der Waals surface area contributed by atoms with Crippen molar-refractivity contribution in [2.45, 2.75) is 64.3 Å². The van der Waals surface area contributed by atoms with Crippen LogP contribution < -0.4 is 20.7 Å². The fourth-order valence-corrected chi connectivity index (χ4v) is 4.44. The lowest BCUT2D eigenvalue weighted by molar-refractivity contribution is -0.697. The molecule has 0 saturated heterocycles. The number of anilines is 1. The molecule has 0 fully saturated rings. The van der Waals surface area contributed by atoms with Crippen LogP contribution in [-0.2, 0) is 22.6 Å². The van der Waals surface area contributed by atoms with E-state index in [0.29, 0.717) is 12.8 Å². The number of nitrogens with one attached hydrogen (secondary N) is 3. The molecule has 7 nitrogen and oxygen atoms in total. The van der Waals surface area contributed by atoms with Crippen LogP contribution in [-0.4, -0.2) is 30.1 Å². The minimum atomic E-state index is -0.778. The third-order valence-electron chi connectivity index (χ3n) is 6.62. The van der Waals surface area contributed by atoms with Crippen LogP contribution >= 0.6 is 0 Å². The summed E-state index contributed by atoms with van der Waals surface area (Å²) in [6.45, 7) is 3.47. The Balaban J connectivity index is 1.71. The fourth-order valence-electron chi connectivity index (χ4n) is 4.44. The Morgan fingerprint density at radius 1 is 0.816 bits per heavy atom. The van der Waals surface area contributed by atoms with Crippen molar-refractivity contribution in [2.75, 3.05) is 18.6 Å². The molecular formula is C31H41N4O3+. The highest BCUT2D eigenvalue weighted by atomic mass is 16.3. The van der Waals surface area contributed by atoms with E-state index < -0.39 is 11.8 Å². The van der Waals surface area contributed by atoms with Gasteiger partial charge in [-0.3, -0.25) is 20.4 Å². The Kier molecular flexibility index (Phi) is 12.3. The summed E-state index contributed by atoms with van der Waals surface area (Å²) in [4.78, 5) is 24.2. The molecule has 3 aromatic rings. The first kappa shape index (κ1) is 28.9. The van der Waals surface area contributed by atoms with Crippen molar-refractivity contribution in [3.63, 3.8) is 0 Å². The summed E-state index contributed by atoms with van der Waals surface area (Å²) in [5.74, 6) is -1.40. The second-order valence-corrected chi connectivity index (χ2v) is 9.52. The number of aliphatic hydroxyl groups is 1. The number of carbonyl (C=O) groups excluding carboxylic acids is 2. The number of rotatable bonds is 15. The maximum absolute atomic E-state index is 12.2. The van der Waals surface area contributed by atoms with E-state index in [0.717, 1.165) is 17.8 Å². The van der Waals surface area contributed by atoms with E-state index in [2.05, 4.69) is 76.5 Å². The van der Waals surface area contributed by atoms with Gasteiger partial charge < -0.3 is 10.4 Å². The van der Waals surface area contributed by atoms with E-state index in [1.54, 1.807) is 0 Å². The second kappa shape index (κ2) is 16.2. The van der Waals surface area contributed by atoms with Crippen molar-refractivity contribution in [1.29, 1.82) is 0 Å². The van der Waals surface area contributed by atoms with Gasteiger partial charge in [-0.05, 0) is 42.0 Å². The van der Waals surface area contributed by atoms with Gasteiger partial charge in [0.05, 0.1) is 5.69 Å². The lowest BCUT2D eigenvalue weighted by Crippen LogP contribution is -2.43. The van der Waals surface area contributed by atoms with Crippen LogP contribution in [0.5, 0.6) is 0 Å². The predicted octanol–water partition coefficient (Wildman–Crippen LogP) is 4.26. The molecule has 1 unspecified atom stereocenters. The Morgan fingerprint density at radius 2 is 1.50 bits per heavy atom. The van der Waals surface area contributed by atoms with Crippen LogP contribution in [0.25, 0.3) is 0 Å². The highest BCUT2D eigenvalue weighted by molar-refractivity contribution is 6.35. The molecule has 2 amide bonds. The van der Waals surface area contributed by atoms with Gasteiger partial charge in [-0.2, -0.15) is 0 Å². The average molecular weight is 518 g/mol. The normalized spacial score (nSPS) is 11.5. The molecule has 4 N–H and O–H groups in total. The zero-order chi connectivity index (χ0) is 27.0. The van der Waals surface area contributed by atoms with Gasteiger partial charge in [-0.1, -0.05) is 74.7 Å². The number of hydrogen-bond acceptors (Lipinski definition) is 4. The summed E-state index contributed by atoms with van der Waals surface area (Å²) in [5.41, 5.74) is 9.62. The van der Waals surface area contributed by atoms with Gasteiger partial charge in [-0.15, -0.1) is 0 Å². The minimum absolute atomic E-state index is 0.0451. The Hall–Kier alpha value is -3.71. The molecule has 202 valence electrons. The third kappa shape index (κ3) is 9.30. The Morgan fingerprint density at radius 3 is 2.24 bits per heavy atom. The quantitative estimate of drug-likeness (QED) is 0.105. The fraction of sp³-hybridized carbons (Fsp3) is 0.387. The summed E-state index contributed by atoms with van der Waals surface area (Å²) in [6.07, 6.45) is 11.8. The molecule has 3 rings (SSSR count). The van der Waals surface area contributed by atoms with Crippen LogP contribution in [0.4, 0.5) is 5.69 Å². The van der Waals surface area contributed by atoms with Crippen LogP contribution in [0, 0.1) is 0 Å². The van der Waals surface area contributed by atoms with Crippen LogP contribution in [0.3, 0.4) is 0 Å². The molecule has 0 aliphatic rings. The second-order valence-electron chi connectivity index (χ2n) is 9.52. The standard InChI is InChI=1S/C31H40N4O3/c1-2-3-4-5-11-20-35-21-17-26(18-22-35)28(25-13-7-6-8-14-25)24-27-15-9-10-16-29(27)33-34-31(38)30(37)32-19-12-23-36/h6-10,13-18,21-22,28,36H,2-5,11-12,19-20,23-24H2,1H3,(H2-,32,33,34,37,38)/p+1. The van der Waals surface area contributed by atoms with Gasteiger partial charge in [0.15, 0.2) is 12.4 Å². The zero-order valence-electron chi connectivity index (χ0n) is 22.4. The highest BCUT2D eigenvalue weighted by Gasteiger charge is 2.19. The Labute approximate surface area is 226 Å². The maximum atomic E-state index is 12.2. The van der Waals surface area contributed by atoms with Crippen LogP contribution in [0.15, 0.2) is 79.1 Å². The third-order valence-corrected chi connectivity index (χ3v) is 6.62. The number of para-hydroxylation sites is 1. The number of hydrogen-bond donors (Lipinski definition) is 4. The van der Waals surface area contributed by atoms with Gasteiger partial charge >= 0.3 is 11.8 Å². The zero-order valence-corrected chi connectivity index (χ0v) is 22.4. The molecule has 0 bridgehead atoms. The molecule has 0 saturated carbocycles. The summed E-state index contributed by atoms with van der Waals surface area (Å²) < 4.78 is 2.26. The molecule has 0 aliphatic carbocycles. The molecule has 2 aromatic carbocycles. The first-order valence-electron chi connectivity index (χ1n) is 13.7. The van der Waals surface area contributed by atoms with Gasteiger partial charge in [0, 0.05) is 37.6 Å². The van der Waals surface area contributed by atoms with E-state index in [1.165, 1.54) is 43.2 Å². The lowest BCUT2D eigenvalue weighted by atomic mass is 9.86. The predicted molar refractivity (Wildman–Crippen MR) is 150 cm³/mol. The van der Waals surface area contributed by atoms with E-state index >= 15 is 0 Å². The van der Waals surface area contributed by atoms with Gasteiger partial charge in [-0.25, -0.2) is 4.57 Å². The smallest absolute Gasteiger partial charge is 0.327 e. The molecule has 0 radical (unpaired) electrons. The summed E-state index contributed by atoms with van der Waals surface area (Å²) in [7, 11) is 0. The summed E-state index contributed by atoms with van der Waals surface area (Å²) in [6, 6.07) is 22.6. The topological polar surface area (TPSA) is 94.3 Å². The highest BCUT2D eigenvalue weighted by Crippen LogP contribution is 2.30. The van der Waals surface area contributed by atoms with E-state index in [4.69, 9.17) is 5.11 Å². The summed E-state index contributed by atoms with van der Waals surface area (Å²) in [5, 5.41) is 11.3. The number of pyridine rings is 1. The number of benzene rings is 2. The number of amides is 2. The summed E-state index contributed by atoms with van der Waals surface area (Å²) >= 11 is 0. The van der Waals surface area contributed by atoms with E-state index in [9.17, 15) is 9.59 Å². The number of carbonyl (C=O) groups is 2. The van der Waals surface area contributed by atoms with Crippen molar-refractivity contribution in [3.05, 3.63) is 95.8 Å². The molecule has 0 aliphatic heterocycles. The van der Waals surface area contributed by atoms with Crippen LogP contribution in [0.2, 0.25) is 0 Å². The monoisotopic (exact) mass is 517 g/mol. The van der Waals surface area contributed by atoms with Gasteiger partial charge in [0.1, 0.15) is 6.54 Å². The first-order valence-corrected chi connectivity index (χ1v) is 13.7. The Bertz CT molecular complexity index is 1120. The van der Waals surface area contributed by atoms with Crippen molar-refractivity contribution < 1.29 is 19.3 Å². The molecule has 1 aromatic heterocycles. The van der Waals surface area contributed by atoms with E-state index in [1.807, 2.05) is 30.3 Å². The average Bonchev–Trinajstić information content (AvgIpc) is 2.96.